The summed E-state index contributed by atoms with van der Waals surface area (Å²) in [6.07, 6.45) is 2.58. The van der Waals surface area contributed by atoms with Crippen LogP contribution in [0.4, 0.5) is 11.4 Å². The Hall–Kier alpha value is -1.29. The fourth-order valence-electron chi connectivity index (χ4n) is 2.11. The highest BCUT2D eigenvalue weighted by Crippen LogP contribution is 2.33. The highest BCUT2D eigenvalue weighted by Gasteiger charge is 2.25. The van der Waals surface area contributed by atoms with Gasteiger partial charge in [0.1, 0.15) is 0 Å². The molecule has 0 radical (unpaired) electrons. The van der Waals surface area contributed by atoms with Gasteiger partial charge in [0.25, 0.3) is 5.69 Å². The first kappa shape index (κ1) is 13.1. The Balaban J connectivity index is 2.26. The van der Waals surface area contributed by atoms with Crippen LogP contribution < -0.4 is 4.90 Å². The smallest absolute Gasteiger partial charge is 0.269 e. The number of anilines is 1. The number of nitro benzene ring substituents is 1. The van der Waals surface area contributed by atoms with Gasteiger partial charge in [-0.25, -0.2) is 0 Å². The normalized spacial score (nSPS) is 14.6. The van der Waals surface area contributed by atoms with E-state index in [1.54, 1.807) is 12.1 Å². The second-order valence-corrected chi connectivity index (χ2v) is 4.95. The van der Waals surface area contributed by atoms with E-state index < -0.39 is 0 Å². The Morgan fingerprint density at radius 3 is 2.72 bits per heavy atom. The van der Waals surface area contributed by atoms with Gasteiger partial charge < -0.3 is 4.90 Å². The average molecular weight is 269 g/mol. The van der Waals surface area contributed by atoms with Crippen LogP contribution >= 0.6 is 11.6 Å². The van der Waals surface area contributed by atoms with Crippen molar-refractivity contribution in [3.63, 3.8) is 0 Å². The highest BCUT2D eigenvalue weighted by atomic mass is 35.5. The number of non-ortho nitro benzene ring substituents is 1. The van der Waals surface area contributed by atoms with Gasteiger partial charge in [0, 0.05) is 36.8 Å². The molecule has 0 bridgehead atoms. The van der Waals surface area contributed by atoms with E-state index in [-0.39, 0.29) is 10.6 Å². The maximum atomic E-state index is 10.8. The molecule has 0 unspecified atom stereocenters. The molecule has 0 atom stereocenters. The molecule has 1 aromatic carbocycles. The van der Waals surface area contributed by atoms with Crippen LogP contribution in [0.5, 0.6) is 0 Å². The van der Waals surface area contributed by atoms with Gasteiger partial charge in [-0.2, -0.15) is 0 Å². The molecule has 0 aliphatic heterocycles. The minimum absolute atomic E-state index is 0.108. The van der Waals surface area contributed by atoms with Crippen LogP contribution in [0.25, 0.3) is 0 Å². The van der Waals surface area contributed by atoms with Crippen LogP contribution in [0.2, 0.25) is 0 Å². The molecule has 1 fully saturated rings. The number of alkyl halides is 1. The van der Waals surface area contributed by atoms with E-state index >= 15 is 0 Å². The van der Waals surface area contributed by atoms with Gasteiger partial charge in [-0.15, -0.1) is 11.6 Å². The first-order valence-electron chi connectivity index (χ1n) is 6.24. The summed E-state index contributed by atoms with van der Waals surface area (Å²) in [6.45, 7) is 4.03. The zero-order chi connectivity index (χ0) is 13.1. The summed E-state index contributed by atoms with van der Waals surface area (Å²) in [7, 11) is 0. The first-order chi connectivity index (χ1) is 8.65. The van der Waals surface area contributed by atoms with Crippen molar-refractivity contribution >= 4 is 23.0 Å². The summed E-state index contributed by atoms with van der Waals surface area (Å²) in [4.78, 5) is 12.6. The van der Waals surface area contributed by atoms with Crippen molar-refractivity contribution in [1.82, 2.24) is 0 Å². The molecule has 4 nitrogen and oxygen atoms in total. The number of benzene rings is 1. The standard InChI is InChI=1S/C13H17ClN2O2/c1-2-15(9-10-3-4-10)13-6-5-12(16(17)18)7-11(13)8-14/h5-7,10H,2-4,8-9H2,1H3. The van der Waals surface area contributed by atoms with Gasteiger partial charge in [0.05, 0.1) is 4.92 Å². The van der Waals surface area contributed by atoms with Crippen LogP contribution in [0, 0.1) is 16.0 Å². The van der Waals surface area contributed by atoms with Gasteiger partial charge in [-0.1, -0.05) is 0 Å². The average Bonchev–Trinajstić information content (AvgIpc) is 3.19. The first-order valence-corrected chi connectivity index (χ1v) is 6.77. The molecule has 1 aromatic rings. The fourth-order valence-corrected chi connectivity index (χ4v) is 2.32. The van der Waals surface area contributed by atoms with E-state index in [4.69, 9.17) is 11.6 Å². The lowest BCUT2D eigenvalue weighted by Gasteiger charge is -2.25. The van der Waals surface area contributed by atoms with Crippen molar-refractivity contribution in [3.05, 3.63) is 33.9 Å². The van der Waals surface area contributed by atoms with Gasteiger partial charge >= 0.3 is 0 Å². The summed E-state index contributed by atoms with van der Waals surface area (Å²) in [5, 5.41) is 10.8. The molecule has 1 aliphatic carbocycles. The Kier molecular flexibility index (Phi) is 4.07. The topological polar surface area (TPSA) is 46.4 Å². The molecule has 1 saturated carbocycles. The number of nitro groups is 1. The monoisotopic (exact) mass is 268 g/mol. The lowest BCUT2D eigenvalue weighted by molar-refractivity contribution is -0.384. The van der Waals surface area contributed by atoms with E-state index in [1.165, 1.54) is 12.8 Å². The molecule has 0 saturated heterocycles. The lowest BCUT2D eigenvalue weighted by atomic mass is 10.1. The Bertz CT molecular complexity index is 447. The van der Waals surface area contributed by atoms with Crippen molar-refractivity contribution in [2.75, 3.05) is 18.0 Å². The molecule has 1 aliphatic rings. The summed E-state index contributed by atoms with van der Waals surface area (Å²) < 4.78 is 0. The Morgan fingerprint density at radius 2 is 2.22 bits per heavy atom. The van der Waals surface area contributed by atoms with Gasteiger partial charge in [0.2, 0.25) is 0 Å². The molecular formula is C13H17ClN2O2. The van der Waals surface area contributed by atoms with Gasteiger partial charge in [-0.3, -0.25) is 10.1 Å². The van der Waals surface area contributed by atoms with Crippen LogP contribution in [-0.2, 0) is 5.88 Å². The molecule has 0 amide bonds. The Labute approximate surface area is 112 Å². The quantitative estimate of drug-likeness (QED) is 0.450. The van der Waals surface area contributed by atoms with Crippen molar-refractivity contribution in [2.45, 2.75) is 25.6 Å². The second-order valence-electron chi connectivity index (χ2n) is 4.69. The third-order valence-electron chi connectivity index (χ3n) is 3.32. The molecule has 0 aromatic heterocycles. The summed E-state index contributed by atoms with van der Waals surface area (Å²) >= 11 is 5.91. The predicted molar refractivity (Wildman–Crippen MR) is 73.3 cm³/mol. The van der Waals surface area contributed by atoms with E-state index in [0.717, 1.165) is 30.3 Å². The van der Waals surface area contributed by atoms with Crippen LogP contribution in [0.3, 0.4) is 0 Å². The largest absolute Gasteiger partial charge is 0.371 e. The van der Waals surface area contributed by atoms with E-state index in [0.29, 0.717) is 5.88 Å². The number of halogens is 1. The number of hydrogen-bond acceptors (Lipinski definition) is 3. The lowest BCUT2D eigenvalue weighted by Crippen LogP contribution is -2.26. The maximum Gasteiger partial charge on any atom is 0.269 e. The van der Waals surface area contributed by atoms with Crippen molar-refractivity contribution < 1.29 is 4.92 Å². The zero-order valence-electron chi connectivity index (χ0n) is 10.4. The molecule has 5 heteroatoms. The van der Waals surface area contributed by atoms with Crippen molar-refractivity contribution in [1.29, 1.82) is 0 Å². The van der Waals surface area contributed by atoms with E-state index in [1.807, 2.05) is 6.07 Å². The van der Waals surface area contributed by atoms with Crippen molar-refractivity contribution in [3.8, 4) is 0 Å². The summed E-state index contributed by atoms with van der Waals surface area (Å²) in [6, 6.07) is 4.96. The van der Waals surface area contributed by atoms with Crippen LogP contribution in [0.1, 0.15) is 25.3 Å². The third-order valence-corrected chi connectivity index (χ3v) is 3.60. The second kappa shape index (κ2) is 5.57. The van der Waals surface area contributed by atoms with Gasteiger partial charge in [-0.05, 0) is 37.3 Å². The molecular weight excluding hydrogens is 252 g/mol. The van der Waals surface area contributed by atoms with Crippen molar-refractivity contribution in [2.24, 2.45) is 5.92 Å². The summed E-state index contributed by atoms with van der Waals surface area (Å²) in [5.41, 5.74) is 1.98. The summed E-state index contributed by atoms with van der Waals surface area (Å²) in [5.74, 6) is 1.08. The molecule has 0 spiro atoms. The Morgan fingerprint density at radius 1 is 1.50 bits per heavy atom. The highest BCUT2D eigenvalue weighted by molar-refractivity contribution is 6.17. The van der Waals surface area contributed by atoms with Gasteiger partial charge in [0.15, 0.2) is 0 Å². The number of rotatable bonds is 6. The number of nitrogens with zero attached hydrogens (tertiary/aromatic N) is 2. The minimum atomic E-state index is -0.378. The molecule has 0 heterocycles. The van der Waals surface area contributed by atoms with Crippen LogP contribution in [-0.4, -0.2) is 18.0 Å². The molecule has 2 rings (SSSR count). The molecule has 98 valence electrons. The maximum absolute atomic E-state index is 10.8. The van der Waals surface area contributed by atoms with E-state index in [9.17, 15) is 10.1 Å². The molecule has 18 heavy (non-hydrogen) atoms. The third kappa shape index (κ3) is 2.93. The minimum Gasteiger partial charge on any atom is -0.371 e. The zero-order valence-corrected chi connectivity index (χ0v) is 11.2. The predicted octanol–water partition coefficient (Wildman–Crippen LogP) is 3.57. The molecule has 0 N–H and O–H groups in total. The van der Waals surface area contributed by atoms with E-state index in [2.05, 4.69) is 11.8 Å². The fraction of sp³-hybridized carbons (Fsp3) is 0.538. The SMILES string of the molecule is CCN(CC1CC1)c1ccc([N+](=O)[O-])cc1CCl. The number of hydrogen-bond donors (Lipinski definition) is 0. The van der Waals surface area contributed by atoms with Crippen LogP contribution in [0.15, 0.2) is 18.2 Å².